The number of aromatic nitrogens is 1. The standard InChI is InChI=1S/C12H9Br2ClN2O/c13-7-4-9(14)12(17-6-7)18-11-3-1-2-10(15)8(11)5-16/h1-4,6H,5,16H2. The number of nitrogens with zero attached hydrogens (tertiary/aromatic N) is 1. The number of halogens is 3. The summed E-state index contributed by atoms with van der Waals surface area (Å²) in [7, 11) is 0. The first kappa shape index (κ1) is 13.8. The predicted octanol–water partition coefficient (Wildman–Crippen LogP) is 4.51. The molecule has 1 heterocycles. The molecular weight excluding hydrogens is 383 g/mol. The van der Waals surface area contributed by atoms with Crippen LogP contribution in [0.15, 0.2) is 39.4 Å². The van der Waals surface area contributed by atoms with E-state index in [1.165, 1.54) is 0 Å². The summed E-state index contributed by atoms with van der Waals surface area (Å²) in [6, 6.07) is 7.25. The van der Waals surface area contributed by atoms with E-state index in [4.69, 9.17) is 22.1 Å². The molecule has 18 heavy (non-hydrogen) atoms. The molecule has 0 aliphatic rings. The van der Waals surface area contributed by atoms with Gasteiger partial charge in [-0.3, -0.25) is 0 Å². The molecule has 0 saturated heterocycles. The van der Waals surface area contributed by atoms with Gasteiger partial charge >= 0.3 is 0 Å². The topological polar surface area (TPSA) is 48.1 Å². The van der Waals surface area contributed by atoms with Crippen molar-refractivity contribution >= 4 is 43.5 Å². The van der Waals surface area contributed by atoms with Crippen LogP contribution in [0.2, 0.25) is 5.02 Å². The molecule has 0 radical (unpaired) electrons. The highest BCUT2D eigenvalue weighted by Gasteiger charge is 2.10. The lowest BCUT2D eigenvalue weighted by Gasteiger charge is -2.11. The highest BCUT2D eigenvalue weighted by Crippen LogP contribution is 2.33. The Morgan fingerprint density at radius 2 is 2.11 bits per heavy atom. The van der Waals surface area contributed by atoms with Gasteiger partial charge in [-0.2, -0.15) is 0 Å². The predicted molar refractivity (Wildman–Crippen MR) is 79.1 cm³/mol. The molecule has 0 aliphatic carbocycles. The van der Waals surface area contributed by atoms with E-state index < -0.39 is 0 Å². The quantitative estimate of drug-likeness (QED) is 0.836. The molecular formula is C12H9Br2ClN2O. The van der Waals surface area contributed by atoms with E-state index in [9.17, 15) is 0 Å². The Labute approximate surface area is 127 Å². The van der Waals surface area contributed by atoms with E-state index in [1.807, 2.05) is 18.2 Å². The maximum Gasteiger partial charge on any atom is 0.233 e. The fraction of sp³-hybridized carbons (Fsp3) is 0.0833. The van der Waals surface area contributed by atoms with Gasteiger partial charge in [-0.25, -0.2) is 4.98 Å². The third kappa shape index (κ3) is 3.03. The summed E-state index contributed by atoms with van der Waals surface area (Å²) in [5.74, 6) is 1.08. The molecule has 0 aliphatic heterocycles. The molecule has 1 aromatic heterocycles. The second-order valence-electron chi connectivity index (χ2n) is 3.46. The number of ether oxygens (including phenoxy) is 1. The lowest BCUT2D eigenvalue weighted by Crippen LogP contribution is -2.01. The molecule has 1 aromatic carbocycles. The number of benzene rings is 1. The summed E-state index contributed by atoms with van der Waals surface area (Å²) in [5, 5.41) is 0.586. The Balaban J connectivity index is 2.37. The summed E-state index contributed by atoms with van der Waals surface area (Å²) in [4.78, 5) is 4.18. The number of rotatable bonds is 3. The van der Waals surface area contributed by atoms with Gasteiger partial charge in [0.25, 0.3) is 0 Å². The van der Waals surface area contributed by atoms with E-state index in [1.54, 1.807) is 12.3 Å². The largest absolute Gasteiger partial charge is 0.437 e. The fourth-order valence-electron chi connectivity index (χ4n) is 1.41. The first-order valence-electron chi connectivity index (χ1n) is 5.08. The van der Waals surface area contributed by atoms with Crippen LogP contribution in [0.1, 0.15) is 5.56 Å². The lowest BCUT2D eigenvalue weighted by atomic mass is 10.2. The zero-order chi connectivity index (χ0) is 13.1. The van der Waals surface area contributed by atoms with Gasteiger partial charge in [0, 0.05) is 27.8 Å². The fourth-order valence-corrected chi connectivity index (χ4v) is 2.73. The van der Waals surface area contributed by atoms with Crippen molar-refractivity contribution in [2.45, 2.75) is 6.54 Å². The number of pyridine rings is 1. The number of hydrogen-bond donors (Lipinski definition) is 1. The van der Waals surface area contributed by atoms with Crippen LogP contribution in [0.3, 0.4) is 0 Å². The zero-order valence-electron chi connectivity index (χ0n) is 9.16. The average Bonchev–Trinajstić information content (AvgIpc) is 2.33. The Morgan fingerprint density at radius 3 is 2.78 bits per heavy atom. The molecule has 0 atom stereocenters. The minimum atomic E-state index is 0.309. The molecule has 0 fully saturated rings. The van der Waals surface area contributed by atoms with E-state index in [0.29, 0.717) is 23.2 Å². The molecule has 0 amide bonds. The van der Waals surface area contributed by atoms with Crippen molar-refractivity contribution in [3.63, 3.8) is 0 Å². The smallest absolute Gasteiger partial charge is 0.233 e. The molecule has 0 spiro atoms. The Bertz CT molecular complexity index is 578. The molecule has 2 rings (SSSR count). The van der Waals surface area contributed by atoms with Crippen molar-refractivity contribution in [1.29, 1.82) is 0 Å². The van der Waals surface area contributed by atoms with Crippen LogP contribution in [0.25, 0.3) is 0 Å². The minimum absolute atomic E-state index is 0.309. The van der Waals surface area contributed by atoms with Gasteiger partial charge in [0.05, 0.1) is 4.47 Å². The van der Waals surface area contributed by atoms with Crippen LogP contribution in [-0.2, 0) is 6.54 Å². The van der Waals surface area contributed by atoms with Gasteiger partial charge < -0.3 is 10.5 Å². The van der Waals surface area contributed by atoms with Crippen molar-refractivity contribution in [3.05, 3.63) is 50.0 Å². The molecule has 2 aromatic rings. The zero-order valence-corrected chi connectivity index (χ0v) is 13.1. The van der Waals surface area contributed by atoms with Crippen LogP contribution in [-0.4, -0.2) is 4.98 Å². The second-order valence-corrected chi connectivity index (χ2v) is 5.64. The van der Waals surface area contributed by atoms with Crippen LogP contribution in [0, 0.1) is 0 Å². The Hall–Kier alpha value is -0.620. The summed E-state index contributed by atoms with van der Waals surface area (Å²) >= 11 is 12.8. The van der Waals surface area contributed by atoms with Crippen molar-refractivity contribution in [2.24, 2.45) is 5.73 Å². The van der Waals surface area contributed by atoms with E-state index in [-0.39, 0.29) is 0 Å². The van der Waals surface area contributed by atoms with Crippen LogP contribution in [0.4, 0.5) is 0 Å². The first-order valence-corrected chi connectivity index (χ1v) is 7.04. The average molecular weight is 392 g/mol. The normalized spacial score (nSPS) is 10.4. The monoisotopic (exact) mass is 390 g/mol. The van der Waals surface area contributed by atoms with Crippen molar-refractivity contribution in [2.75, 3.05) is 0 Å². The summed E-state index contributed by atoms with van der Waals surface area (Å²) in [6.45, 7) is 0.309. The Morgan fingerprint density at radius 1 is 1.33 bits per heavy atom. The van der Waals surface area contributed by atoms with E-state index in [0.717, 1.165) is 14.5 Å². The maximum absolute atomic E-state index is 6.06. The Kier molecular flexibility index (Phi) is 4.61. The van der Waals surface area contributed by atoms with Gasteiger partial charge in [-0.1, -0.05) is 17.7 Å². The highest BCUT2D eigenvalue weighted by molar-refractivity contribution is 9.11. The van der Waals surface area contributed by atoms with E-state index >= 15 is 0 Å². The molecule has 94 valence electrons. The molecule has 0 saturated carbocycles. The third-order valence-corrected chi connectivity index (χ3v) is 3.62. The van der Waals surface area contributed by atoms with Crippen molar-refractivity contribution in [3.8, 4) is 11.6 Å². The van der Waals surface area contributed by atoms with Gasteiger partial charge in [-0.15, -0.1) is 0 Å². The molecule has 0 bridgehead atoms. The van der Waals surface area contributed by atoms with Gasteiger partial charge in [0.15, 0.2) is 0 Å². The number of hydrogen-bond acceptors (Lipinski definition) is 3. The lowest BCUT2D eigenvalue weighted by molar-refractivity contribution is 0.454. The first-order chi connectivity index (χ1) is 8.61. The molecule has 2 N–H and O–H groups in total. The summed E-state index contributed by atoms with van der Waals surface area (Å²) < 4.78 is 7.34. The maximum atomic E-state index is 6.06. The third-order valence-electron chi connectivity index (χ3n) is 2.26. The van der Waals surface area contributed by atoms with E-state index in [2.05, 4.69) is 36.8 Å². The summed E-state index contributed by atoms with van der Waals surface area (Å²) in [6.07, 6.45) is 1.66. The molecule has 6 heteroatoms. The number of nitrogens with two attached hydrogens (primary N) is 1. The van der Waals surface area contributed by atoms with Crippen molar-refractivity contribution < 1.29 is 4.74 Å². The van der Waals surface area contributed by atoms with Gasteiger partial charge in [0.2, 0.25) is 5.88 Å². The highest BCUT2D eigenvalue weighted by atomic mass is 79.9. The molecule has 3 nitrogen and oxygen atoms in total. The van der Waals surface area contributed by atoms with Gasteiger partial charge in [0.1, 0.15) is 5.75 Å². The summed E-state index contributed by atoms with van der Waals surface area (Å²) in [5.41, 5.74) is 6.42. The minimum Gasteiger partial charge on any atom is -0.437 e. The van der Waals surface area contributed by atoms with Crippen LogP contribution < -0.4 is 10.5 Å². The molecule has 0 unspecified atom stereocenters. The van der Waals surface area contributed by atoms with Gasteiger partial charge in [-0.05, 0) is 50.1 Å². The van der Waals surface area contributed by atoms with Crippen LogP contribution >= 0.6 is 43.5 Å². The van der Waals surface area contributed by atoms with Crippen molar-refractivity contribution in [1.82, 2.24) is 4.98 Å². The SMILES string of the molecule is NCc1c(Cl)cccc1Oc1ncc(Br)cc1Br. The van der Waals surface area contributed by atoms with Crippen LogP contribution in [0.5, 0.6) is 11.6 Å². The second kappa shape index (κ2) is 6.02.